The van der Waals surface area contributed by atoms with Gasteiger partial charge in [0.25, 0.3) is 0 Å². The van der Waals surface area contributed by atoms with Crippen molar-refractivity contribution < 1.29 is 0 Å². The van der Waals surface area contributed by atoms with Crippen molar-refractivity contribution in [3.05, 3.63) is 41.2 Å². The Morgan fingerprint density at radius 1 is 1.08 bits per heavy atom. The van der Waals surface area contributed by atoms with Crippen molar-refractivity contribution in [2.24, 2.45) is 0 Å². The lowest BCUT2D eigenvalue weighted by molar-refractivity contribution is 0.294. The fourth-order valence-electron chi connectivity index (χ4n) is 2.89. The second-order valence-electron chi connectivity index (χ2n) is 5.95. The van der Waals surface area contributed by atoms with E-state index in [1.54, 1.807) is 0 Å². The molecule has 0 atom stereocenters. The quantitative estimate of drug-likeness (QED) is 0.869. The minimum absolute atomic E-state index is 0.579. The highest BCUT2D eigenvalue weighted by molar-refractivity contribution is 7.99. The van der Waals surface area contributed by atoms with Crippen molar-refractivity contribution in [3.63, 3.8) is 0 Å². The Balaban J connectivity index is 1.70. The molecular weight excluding hydrogens is 318 g/mol. The highest BCUT2D eigenvalue weighted by Crippen LogP contribution is 2.18. The van der Waals surface area contributed by atoms with Gasteiger partial charge in [-0.05, 0) is 30.5 Å². The van der Waals surface area contributed by atoms with E-state index in [1.807, 2.05) is 11.8 Å². The van der Waals surface area contributed by atoms with Crippen LogP contribution in [0.15, 0.2) is 24.3 Å². The number of anilines is 2. The summed E-state index contributed by atoms with van der Waals surface area (Å²) in [6.45, 7) is 7.54. The molecule has 1 aromatic heterocycles. The second kappa shape index (κ2) is 8.44. The van der Waals surface area contributed by atoms with Crippen molar-refractivity contribution in [2.75, 3.05) is 29.9 Å². The number of aromatic nitrogens is 3. The molecule has 3 rings (SSSR count). The van der Waals surface area contributed by atoms with Crippen LogP contribution < -0.4 is 5.32 Å². The molecule has 0 bridgehead atoms. The molecule has 2 aromatic rings. The summed E-state index contributed by atoms with van der Waals surface area (Å²) in [7, 11) is 0. The summed E-state index contributed by atoms with van der Waals surface area (Å²) in [5.41, 5.74) is 4.35. The first-order valence-corrected chi connectivity index (χ1v) is 9.82. The number of hydrogen-bond acceptors (Lipinski definition) is 6. The van der Waals surface area contributed by atoms with Crippen LogP contribution >= 0.6 is 11.8 Å². The second-order valence-corrected chi connectivity index (χ2v) is 7.17. The topological polar surface area (TPSA) is 53.9 Å². The molecule has 1 aliphatic rings. The summed E-state index contributed by atoms with van der Waals surface area (Å²) < 4.78 is 0. The molecule has 2 heterocycles. The lowest BCUT2D eigenvalue weighted by Crippen LogP contribution is -2.31. The zero-order valence-corrected chi connectivity index (χ0v) is 15.3. The van der Waals surface area contributed by atoms with Gasteiger partial charge in [-0.1, -0.05) is 26.0 Å². The molecule has 0 aliphatic carbocycles. The van der Waals surface area contributed by atoms with Crippen LogP contribution in [0.2, 0.25) is 0 Å². The fraction of sp³-hybridized carbons (Fsp3) is 0.500. The molecule has 6 heteroatoms. The molecule has 0 spiro atoms. The Labute approximate surface area is 148 Å². The van der Waals surface area contributed by atoms with E-state index < -0.39 is 0 Å². The van der Waals surface area contributed by atoms with Crippen molar-refractivity contribution in [2.45, 2.75) is 33.2 Å². The maximum absolute atomic E-state index is 4.60. The van der Waals surface area contributed by atoms with Crippen LogP contribution in [0.3, 0.4) is 0 Å². The molecule has 0 saturated carbocycles. The van der Waals surface area contributed by atoms with E-state index in [4.69, 9.17) is 0 Å². The minimum atomic E-state index is 0.579. The monoisotopic (exact) mass is 343 g/mol. The average Bonchev–Trinajstić information content (AvgIpc) is 2.63. The summed E-state index contributed by atoms with van der Waals surface area (Å²) >= 11 is 2.04. The smallest absolute Gasteiger partial charge is 0.247 e. The Morgan fingerprint density at radius 3 is 2.62 bits per heavy atom. The summed E-state index contributed by atoms with van der Waals surface area (Å²) in [6.07, 6.45) is 1.74. The normalized spacial score (nSPS) is 15.4. The van der Waals surface area contributed by atoms with Gasteiger partial charge in [0, 0.05) is 36.8 Å². The Kier molecular flexibility index (Phi) is 6.04. The van der Waals surface area contributed by atoms with Gasteiger partial charge < -0.3 is 5.32 Å². The Bertz CT molecular complexity index is 670. The summed E-state index contributed by atoms with van der Waals surface area (Å²) in [5.74, 6) is 3.05. The van der Waals surface area contributed by atoms with Crippen LogP contribution in [0.25, 0.3) is 0 Å². The third kappa shape index (κ3) is 4.45. The number of rotatable bonds is 6. The van der Waals surface area contributed by atoms with E-state index in [2.05, 4.69) is 63.5 Å². The van der Waals surface area contributed by atoms with E-state index >= 15 is 0 Å². The number of thioether (sulfide) groups is 1. The van der Waals surface area contributed by atoms with E-state index in [0.29, 0.717) is 5.95 Å². The minimum Gasteiger partial charge on any atom is -0.323 e. The lowest BCUT2D eigenvalue weighted by Gasteiger charge is -2.26. The first-order valence-electron chi connectivity index (χ1n) is 8.67. The van der Waals surface area contributed by atoms with Gasteiger partial charge in [-0.15, -0.1) is 10.2 Å². The lowest BCUT2D eigenvalue weighted by atomic mass is 10.2. The molecule has 1 saturated heterocycles. The van der Waals surface area contributed by atoms with Gasteiger partial charge in [0.2, 0.25) is 5.95 Å². The van der Waals surface area contributed by atoms with E-state index in [-0.39, 0.29) is 0 Å². The summed E-state index contributed by atoms with van der Waals surface area (Å²) in [4.78, 5) is 7.12. The highest BCUT2D eigenvalue weighted by Gasteiger charge is 2.11. The molecule has 0 radical (unpaired) electrons. The Morgan fingerprint density at radius 2 is 1.88 bits per heavy atom. The zero-order valence-electron chi connectivity index (χ0n) is 14.5. The molecule has 1 aliphatic heterocycles. The van der Waals surface area contributed by atoms with Crippen molar-refractivity contribution in [3.8, 4) is 0 Å². The van der Waals surface area contributed by atoms with Crippen molar-refractivity contribution in [1.29, 1.82) is 0 Å². The van der Waals surface area contributed by atoms with Gasteiger partial charge >= 0.3 is 0 Å². The standard InChI is InChI=1S/C18H25N5S/c1-3-16-17(4-2)21-22-18(20-16)19-15-7-5-6-14(12-15)13-23-8-10-24-11-9-23/h5-7,12H,3-4,8-11,13H2,1-2H3,(H,19,20,22). The van der Waals surface area contributed by atoms with Gasteiger partial charge in [-0.3, -0.25) is 4.90 Å². The highest BCUT2D eigenvalue weighted by atomic mass is 32.2. The van der Waals surface area contributed by atoms with Crippen LogP contribution in [0.4, 0.5) is 11.6 Å². The van der Waals surface area contributed by atoms with Gasteiger partial charge in [0.15, 0.2) is 0 Å². The predicted molar refractivity (Wildman–Crippen MR) is 101 cm³/mol. The van der Waals surface area contributed by atoms with Crippen LogP contribution in [0, 0.1) is 0 Å². The third-order valence-electron chi connectivity index (χ3n) is 4.20. The summed E-state index contributed by atoms with van der Waals surface area (Å²) in [5, 5.41) is 11.8. The van der Waals surface area contributed by atoms with E-state index in [9.17, 15) is 0 Å². The molecule has 128 valence electrons. The molecule has 0 amide bonds. The number of nitrogens with one attached hydrogen (secondary N) is 1. The van der Waals surface area contributed by atoms with Crippen LogP contribution in [0.5, 0.6) is 0 Å². The van der Waals surface area contributed by atoms with Gasteiger partial charge in [-0.2, -0.15) is 11.8 Å². The maximum atomic E-state index is 4.60. The average molecular weight is 344 g/mol. The summed E-state index contributed by atoms with van der Waals surface area (Å²) in [6, 6.07) is 8.51. The fourth-order valence-corrected chi connectivity index (χ4v) is 3.86. The predicted octanol–water partition coefficient (Wildman–Crippen LogP) is 3.29. The Hall–Kier alpha value is -1.66. The van der Waals surface area contributed by atoms with Crippen LogP contribution in [0.1, 0.15) is 30.8 Å². The number of hydrogen-bond donors (Lipinski definition) is 1. The molecule has 0 unspecified atom stereocenters. The molecule has 24 heavy (non-hydrogen) atoms. The molecule has 5 nitrogen and oxygen atoms in total. The molecule has 1 N–H and O–H groups in total. The van der Waals surface area contributed by atoms with Gasteiger partial charge in [0.05, 0.1) is 11.4 Å². The van der Waals surface area contributed by atoms with Crippen molar-refractivity contribution >= 4 is 23.4 Å². The van der Waals surface area contributed by atoms with Crippen LogP contribution in [-0.4, -0.2) is 44.7 Å². The maximum Gasteiger partial charge on any atom is 0.247 e. The van der Waals surface area contributed by atoms with Crippen LogP contribution in [-0.2, 0) is 19.4 Å². The van der Waals surface area contributed by atoms with E-state index in [0.717, 1.165) is 36.5 Å². The van der Waals surface area contributed by atoms with E-state index in [1.165, 1.54) is 30.2 Å². The molecule has 1 aromatic carbocycles. The van der Waals surface area contributed by atoms with Crippen molar-refractivity contribution in [1.82, 2.24) is 20.1 Å². The number of nitrogens with zero attached hydrogens (tertiary/aromatic N) is 4. The zero-order chi connectivity index (χ0) is 16.8. The number of benzene rings is 1. The third-order valence-corrected chi connectivity index (χ3v) is 5.14. The molecular formula is C18H25N5S. The first-order chi connectivity index (χ1) is 11.8. The SMILES string of the molecule is CCc1nnc(Nc2cccc(CN3CCSCC3)c2)nc1CC. The largest absolute Gasteiger partial charge is 0.323 e. The number of aryl methyl sites for hydroxylation is 2. The van der Waals surface area contributed by atoms with Gasteiger partial charge in [0.1, 0.15) is 0 Å². The first kappa shape index (κ1) is 17.2. The van der Waals surface area contributed by atoms with Gasteiger partial charge in [-0.25, -0.2) is 4.98 Å². The molecule has 1 fully saturated rings.